The minimum absolute atomic E-state index is 0.129. The highest BCUT2D eigenvalue weighted by atomic mass is 16.7. The Bertz CT molecular complexity index is 285. The van der Waals surface area contributed by atoms with E-state index in [4.69, 9.17) is 20.3 Å². The first kappa shape index (κ1) is 16.5. The molecule has 1 rings (SSSR count). The van der Waals surface area contributed by atoms with Gasteiger partial charge in [0.05, 0.1) is 12.6 Å². The molecular weight excluding hydrogens is 254 g/mol. The van der Waals surface area contributed by atoms with Crippen LogP contribution in [0.25, 0.3) is 0 Å². The third-order valence-electron chi connectivity index (χ3n) is 3.13. The van der Waals surface area contributed by atoms with Gasteiger partial charge in [0.1, 0.15) is 24.1 Å². The third-order valence-corrected chi connectivity index (χ3v) is 3.13. The molecule has 1 aliphatic rings. The Kier molecular flexibility index (Phi) is 6.84. The number of rotatable bonds is 7. The van der Waals surface area contributed by atoms with Crippen molar-refractivity contribution >= 4 is 5.78 Å². The van der Waals surface area contributed by atoms with E-state index in [1.165, 1.54) is 6.92 Å². The van der Waals surface area contributed by atoms with Gasteiger partial charge >= 0.3 is 0 Å². The number of Topliss-reactive ketones (excluding diaryl/α,β-unsaturated/α-hetero) is 1. The first-order valence-electron chi connectivity index (χ1n) is 6.46. The minimum atomic E-state index is -1.22. The normalized spacial score (nSPS) is 35.3. The number of ether oxygens (including phenoxy) is 2. The van der Waals surface area contributed by atoms with E-state index in [2.05, 4.69) is 0 Å². The van der Waals surface area contributed by atoms with Gasteiger partial charge in [0.15, 0.2) is 6.29 Å². The van der Waals surface area contributed by atoms with Crippen molar-refractivity contribution in [2.75, 3.05) is 13.2 Å². The largest absolute Gasteiger partial charge is 0.394 e. The maximum Gasteiger partial charge on any atom is 0.175 e. The summed E-state index contributed by atoms with van der Waals surface area (Å²) in [7, 11) is 0. The molecule has 0 amide bonds. The summed E-state index contributed by atoms with van der Waals surface area (Å²) < 4.78 is 10.7. The summed E-state index contributed by atoms with van der Waals surface area (Å²) in [6.45, 7) is 1.45. The van der Waals surface area contributed by atoms with Crippen LogP contribution in [0.4, 0.5) is 0 Å². The van der Waals surface area contributed by atoms with Gasteiger partial charge in [-0.25, -0.2) is 0 Å². The second-order valence-corrected chi connectivity index (χ2v) is 4.81. The van der Waals surface area contributed by atoms with E-state index in [-0.39, 0.29) is 5.78 Å². The van der Waals surface area contributed by atoms with Gasteiger partial charge in [0.2, 0.25) is 0 Å². The van der Waals surface area contributed by atoms with E-state index in [9.17, 15) is 15.0 Å². The Labute approximate surface area is 112 Å². The molecule has 0 radical (unpaired) electrons. The van der Waals surface area contributed by atoms with Crippen molar-refractivity contribution in [2.45, 2.75) is 56.8 Å². The van der Waals surface area contributed by atoms with Crippen molar-refractivity contribution in [3.8, 4) is 0 Å². The predicted octanol–water partition coefficient (Wildman–Crippen LogP) is -1.47. The van der Waals surface area contributed by atoms with Crippen LogP contribution in [0.1, 0.15) is 26.2 Å². The number of aliphatic hydroxyl groups is 3. The molecule has 0 aromatic rings. The summed E-state index contributed by atoms with van der Waals surface area (Å²) in [5, 5.41) is 28.3. The summed E-state index contributed by atoms with van der Waals surface area (Å²) in [4.78, 5) is 10.7. The number of nitrogens with two attached hydrogens (primary N) is 1. The van der Waals surface area contributed by atoms with Crippen LogP contribution < -0.4 is 5.73 Å². The monoisotopic (exact) mass is 277 g/mol. The summed E-state index contributed by atoms with van der Waals surface area (Å²) in [6.07, 6.45) is -2.31. The minimum Gasteiger partial charge on any atom is -0.394 e. The lowest BCUT2D eigenvalue weighted by atomic mass is 9.98. The van der Waals surface area contributed by atoms with Gasteiger partial charge in [-0.2, -0.15) is 0 Å². The number of ketones is 1. The number of aliphatic hydroxyl groups excluding tert-OH is 3. The first-order valence-corrected chi connectivity index (χ1v) is 6.46. The van der Waals surface area contributed by atoms with Crippen LogP contribution in [0.5, 0.6) is 0 Å². The van der Waals surface area contributed by atoms with Crippen molar-refractivity contribution in [3.63, 3.8) is 0 Å². The van der Waals surface area contributed by atoms with Crippen molar-refractivity contribution in [1.82, 2.24) is 0 Å². The predicted molar refractivity (Wildman–Crippen MR) is 66.2 cm³/mol. The van der Waals surface area contributed by atoms with E-state index in [0.717, 1.165) is 0 Å². The summed E-state index contributed by atoms with van der Waals surface area (Å²) in [6, 6.07) is -0.870. The molecule has 1 heterocycles. The standard InChI is InChI=1S/C12H23NO6/c1-7(15)4-2-3-5-18-12-9(13)11(17)10(16)8(6-14)19-12/h8-12,14,16-17H,2-6,13H2,1H3. The molecule has 7 heteroatoms. The van der Waals surface area contributed by atoms with E-state index in [0.29, 0.717) is 25.9 Å². The van der Waals surface area contributed by atoms with Gasteiger partial charge in [-0.15, -0.1) is 0 Å². The van der Waals surface area contributed by atoms with Gasteiger partial charge < -0.3 is 35.3 Å². The Balaban J connectivity index is 2.33. The van der Waals surface area contributed by atoms with Crippen LogP contribution in [0, 0.1) is 0 Å². The molecule has 5 unspecified atom stereocenters. The number of hydrogen-bond donors (Lipinski definition) is 4. The highest BCUT2D eigenvalue weighted by Gasteiger charge is 2.42. The van der Waals surface area contributed by atoms with E-state index in [1.54, 1.807) is 0 Å². The summed E-state index contributed by atoms with van der Waals surface area (Å²) in [5.41, 5.74) is 5.70. The second kappa shape index (κ2) is 7.88. The lowest BCUT2D eigenvalue weighted by Crippen LogP contribution is -2.62. The van der Waals surface area contributed by atoms with Crippen LogP contribution >= 0.6 is 0 Å². The van der Waals surface area contributed by atoms with E-state index >= 15 is 0 Å². The molecule has 0 aromatic heterocycles. The van der Waals surface area contributed by atoms with Gasteiger partial charge in [0.25, 0.3) is 0 Å². The highest BCUT2D eigenvalue weighted by molar-refractivity contribution is 5.75. The smallest absolute Gasteiger partial charge is 0.175 e. The summed E-state index contributed by atoms with van der Waals surface area (Å²) >= 11 is 0. The van der Waals surface area contributed by atoms with Gasteiger partial charge in [-0.3, -0.25) is 0 Å². The van der Waals surface area contributed by atoms with Crippen LogP contribution in [0.15, 0.2) is 0 Å². The molecular formula is C12H23NO6. The fourth-order valence-corrected chi connectivity index (χ4v) is 1.93. The molecule has 0 aromatic carbocycles. The Hall–Kier alpha value is -0.570. The molecule has 5 N–H and O–H groups in total. The molecule has 1 saturated heterocycles. The van der Waals surface area contributed by atoms with Crippen molar-refractivity contribution in [2.24, 2.45) is 5.73 Å². The highest BCUT2D eigenvalue weighted by Crippen LogP contribution is 2.20. The van der Waals surface area contributed by atoms with E-state index < -0.39 is 37.3 Å². The van der Waals surface area contributed by atoms with Crippen LogP contribution in [0.2, 0.25) is 0 Å². The fourth-order valence-electron chi connectivity index (χ4n) is 1.93. The number of hydrogen-bond acceptors (Lipinski definition) is 7. The zero-order chi connectivity index (χ0) is 14.4. The van der Waals surface area contributed by atoms with Crippen LogP contribution in [0.3, 0.4) is 0 Å². The zero-order valence-corrected chi connectivity index (χ0v) is 11.1. The second-order valence-electron chi connectivity index (χ2n) is 4.81. The van der Waals surface area contributed by atoms with Gasteiger partial charge in [-0.05, 0) is 19.8 Å². The van der Waals surface area contributed by atoms with Crippen LogP contribution in [-0.2, 0) is 14.3 Å². The number of unbranched alkanes of at least 4 members (excludes halogenated alkanes) is 1. The summed E-state index contributed by atoms with van der Waals surface area (Å²) in [5.74, 6) is 0.129. The molecule has 0 aliphatic carbocycles. The molecule has 0 spiro atoms. The molecule has 0 bridgehead atoms. The maximum absolute atomic E-state index is 10.7. The molecule has 0 saturated carbocycles. The first-order chi connectivity index (χ1) is 8.97. The average molecular weight is 277 g/mol. The van der Waals surface area contributed by atoms with Crippen molar-refractivity contribution < 1.29 is 29.6 Å². The molecule has 5 atom stereocenters. The van der Waals surface area contributed by atoms with Gasteiger partial charge in [0, 0.05) is 13.0 Å². The molecule has 112 valence electrons. The number of carbonyl (C=O) groups excluding carboxylic acids is 1. The molecule has 1 fully saturated rings. The quantitative estimate of drug-likeness (QED) is 0.419. The van der Waals surface area contributed by atoms with Crippen LogP contribution in [-0.4, -0.2) is 65.0 Å². The fraction of sp³-hybridized carbons (Fsp3) is 0.917. The average Bonchev–Trinajstić information content (AvgIpc) is 2.37. The van der Waals surface area contributed by atoms with E-state index in [1.807, 2.05) is 0 Å². The van der Waals surface area contributed by atoms with Gasteiger partial charge in [-0.1, -0.05) is 0 Å². The lowest BCUT2D eigenvalue weighted by molar-refractivity contribution is -0.265. The Morgan fingerprint density at radius 1 is 1.32 bits per heavy atom. The third kappa shape index (κ3) is 4.79. The molecule has 1 aliphatic heterocycles. The number of carbonyl (C=O) groups is 1. The molecule has 19 heavy (non-hydrogen) atoms. The van der Waals surface area contributed by atoms with Crippen molar-refractivity contribution in [3.05, 3.63) is 0 Å². The molecule has 7 nitrogen and oxygen atoms in total. The van der Waals surface area contributed by atoms with Crippen molar-refractivity contribution in [1.29, 1.82) is 0 Å². The zero-order valence-electron chi connectivity index (χ0n) is 11.1. The maximum atomic E-state index is 10.7. The SMILES string of the molecule is CC(=O)CCCCOC1OC(CO)C(O)C(O)C1N. The Morgan fingerprint density at radius 2 is 2.00 bits per heavy atom. The lowest BCUT2D eigenvalue weighted by Gasteiger charge is -2.40. The topological polar surface area (TPSA) is 122 Å². The Morgan fingerprint density at radius 3 is 2.58 bits per heavy atom.